The molecule has 6 heteroatoms. The zero-order valence-electron chi connectivity index (χ0n) is 6.67. The van der Waals surface area contributed by atoms with Crippen LogP contribution in [0.3, 0.4) is 0 Å². The number of pyridine rings is 1. The summed E-state index contributed by atoms with van der Waals surface area (Å²) in [5.74, 6) is -1.00. The Morgan fingerprint density at radius 1 is 1.62 bits per heavy atom. The highest BCUT2D eigenvalue weighted by Gasteiger charge is 2.20. The minimum atomic E-state index is -3.03. The zero-order chi connectivity index (χ0) is 10.0. The van der Waals surface area contributed by atoms with E-state index in [1.807, 2.05) is 4.98 Å². The van der Waals surface area contributed by atoms with Crippen molar-refractivity contribution >= 4 is 0 Å². The fraction of sp³-hybridized carbons (Fsp3) is 0.286. The highest BCUT2D eigenvalue weighted by Crippen LogP contribution is 2.31. The fourth-order valence-corrected chi connectivity index (χ4v) is 0.876. The molecule has 1 aromatic heterocycles. The molecule has 2 N–H and O–H groups in total. The molecule has 0 saturated carbocycles. The second-order valence-corrected chi connectivity index (χ2v) is 2.25. The van der Waals surface area contributed by atoms with Gasteiger partial charge in [0.15, 0.2) is 11.5 Å². The summed E-state index contributed by atoms with van der Waals surface area (Å²) in [6.45, 7) is 0. The molecule has 4 nitrogen and oxygen atoms in total. The van der Waals surface area contributed by atoms with E-state index in [9.17, 15) is 13.6 Å². The summed E-state index contributed by atoms with van der Waals surface area (Å²) in [7, 11) is 1.20. The van der Waals surface area contributed by atoms with E-state index in [1.54, 1.807) is 0 Å². The summed E-state index contributed by atoms with van der Waals surface area (Å²) in [5.41, 5.74) is -1.99. The van der Waals surface area contributed by atoms with Crippen LogP contribution in [0.1, 0.15) is 12.0 Å². The number of halogens is 2. The van der Waals surface area contributed by atoms with Crippen LogP contribution in [0.25, 0.3) is 0 Å². The molecule has 0 spiro atoms. The van der Waals surface area contributed by atoms with E-state index in [2.05, 4.69) is 4.74 Å². The van der Waals surface area contributed by atoms with Gasteiger partial charge in [-0.2, -0.15) is 0 Å². The van der Waals surface area contributed by atoms with E-state index in [-0.39, 0.29) is 5.75 Å². The minimum absolute atomic E-state index is 0.185. The van der Waals surface area contributed by atoms with Crippen LogP contribution in [-0.4, -0.2) is 17.2 Å². The van der Waals surface area contributed by atoms with Crippen molar-refractivity contribution in [1.82, 2.24) is 4.98 Å². The van der Waals surface area contributed by atoms with E-state index in [0.29, 0.717) is 0 Å². The van der Waals surface area contributed by atoms with Gasteiger partial charge < -0.3 is 14.8 Å². The van der Waals surface area contributed by atoms with Gasteiger partial charge in [0.1, 0.15) is 5.56 Å². The third kappa shape index (κ3) is 1.61. The van der Waals surface area contributed by atoms with E-state index in [4.69, 9.17) is 5.11 Å². The topological polar surface area (TPSA) is 62.3 Å². The van der Waals surface area contributed by atoms with Crippen LogP contribution in [0, 0.1) is 0 Å². The maximum atomic E-state index is 12.2. The Hall–Kier alpha value is -1.59. The van der Waals surface area contributed by atoms with Gasteiger partial charge in [0, 0.05) is 0 Å². The number of aromatic nitrogens is 1. The van der Waals surface area contributed by atoms with Crippen LogP contribution in [0.15, 0.2) is 11.0 Å². The predicted molar refractivity (Wildman–Crippen MR) is 40.2 cm³/mol. The molecule has 13 heavy (non-hydrogen) atoms. The molecule has 0 atom stereocenters. The number of ether oxygens (including phenoxy) is 1. The lowest BCUT2D eigenvalue weighted by molar-refractivity contribution is 0.144. The van der Waals surface area contributed by atoms with Crippen LogP contribution in [-0.2, 0) is 0 Å². The molecule has 0 aliphatic rings. The second kappa shape index (κ2) is 3.42. The molecule has 0 saturated heterocycles. The Morgan fingerprint density at radius 2 is 2.23 bits per heavy atom. The monoisotopic (exact) mass is 191 g/mol. The summed E-state index contributed by atoms with van der Waals surface area (Å²) in [4.78, 5) is 12.8. The number of hydrogen-bond acceptors (Lipinski definition) is 3. The molecule has 0 amide bonds. The van der Waals surface area contributed by atoms with Crippen LogP contribution in [0.2, 0.25) is 0 Å². The molecule has 0 aliphatic heterocycles. The molecule has 0 unspecified atom stereocenters. The maximum Gasteiger partial charge on any atom is 0.272 e. The Labute approximate surface area is 71.8 Å². The van der Waals surface area contributed by atoms with E-state index in [1.165, 1.54) is 7.11 Å². The van der Waals surface area contributed by atoms with Crippen LogP contribution < -0.4 is 10.3 Å². The van der Waals surface area contributed by atoms with E-state index >= 15 is 0 Å². The van der Waals surface area contributed by atoms with E-state index < -0.39 is 23.3 Å². The van der Waals surface area contributed by atoms with Crippen molar-refractivity contribution in [2.45, 2.75) is 6.43 Å². The molecule has 1 rings (SSSR count). The molecular weight excluding hydrogens is 184 g/mol. The summed E-state index contributed by atoms with van der Waals surface area (Å²) >= 11 is 0. The number of H-pyrrole nitrogens is 1. The van der Waals surface area contributed by atoms with Crippen LogP contribution >= 0.6 is 0 Å². The molecule has 72 valence electrons. The van der Waals surface area contributed by atoms with Gasteiger partial charge >= 0.3 is 0 Å². The summed E-state index contributed by atoms with van der Waals surface area (Å²) in [6, 6.07) is 0. The first-order chi connectivity index (χ1) is 6.07. The summed E-state index contributed by atoms with van der Waals surface area (Å²) in [5, 5.41) is 9.12. The lowest BCUT2D eigenvalue weighted by Gasteiger charge is -2.06. The summed E-state index contributed by atoms with van der Waals surface area (Å²) in [6.07, 6.45) is -2.01. The highest BCUT2D eigenvalue weighted by atomic mass is 19.3. The average Bonchev–Trinajstić information content (AvgIpc) is 2.04. The van der Waals surface area contributed by atoms with Gasteiger partial charge in [0.25, 0.3) is 12.0 Å². The minimum Gasteiger partial charge on any atom is -0.504 e. The molecule has 0 aromatic carbocycles. The quantitative estimate of drug-likeness (QED) is 0.733. The van der Waals surface area contributed by atoms with Crippen molar-refractivity contribution < 1.29 is 18.6 Å². The number of aromatic hydroxyl groups is 1. The van der Waals surface area contributed by atoms with Gasteiger partial charge in [-0.3, -0.25) is 4.79 Å². The first-order valence-corrected chi connectivity index (χ1v) is 3.34. The predicted octanol–water partition coefficient (Wildman–Crippen LogP) is 1.03. The number of rotatable bonds is 2. The third-order valence-corrected chi connectivity index (χ3v) is 1.51. The molecular formula is C7H7F2NO3. The zero-order valence-corrected chi connectivity index (χ0v) is 6.67. The Balaban J connectivity index is 3.39. The van der Waals surface area contributed by atoms with Gasteiger partial charge in [0.2, 0.25) is 0 Å². The number of aromatic amines is 1. The molecule has 0 radical (unpaired) electrons. The van der Waals surface area contributed by atoms with Gasteiger partial charge in [0.05, 0.1) is 13.3 Å². The van der Waals surface area contributed by atoms with Gasteiger partial charge in [-0.15, -0.1) is 0 Å². The van der Waals surface area contributed by atoms with Crippen molar-refractivity contribution in [3.8, 4) is 11.5 Å². The van der Waals surface area contributed by atoms with Crippen LogP contribution in [0.4, 0.5) is 8.78 Å². The smallest absolute Gasteiger partial charge is 0.272 e. The number of methoxy groups -OCH3 is 1. The first kappa shape index (κ1) is 9.50. The van der Waals surface area contributed by atoms with Gasteiger partial charge in [-0.1, -0.05) is 0 Å². The van der Waals surface area contributed by atoms with Gasteiger partial charge in [-0.05, 0) is 0 Å². The first-order valence-electron chi connectivity index (χ1n) is 3.34. The largest absolute Gasteiger partial charge is 0.504 e. The normalized spacial score (nSPS) is 10.5. The SMILES string of the molecule is COc1c[nH]c(=O)c(C(F)F)c1O. The van der Waals surface area contributed by atoms with Crippen LogP contribution in [0.5, 0.6) is 11.5 Å². The lowest BCUT2D eigenvalue weighted by Crippen LogP contribution is -2.12. The van der Waals surface area contributed by atoms with Crippen molar-refractivity contribution in [2.75, 3.05) is 7.11 Å². The molecule has 0 aliphatic carbocycles. The van der Waals surface area contributed by atoms with E-state index in [0.717, 1.165) is 6.20 Å². The Kier molecular flexibility index (Phi) is 2.50. The average molecular weight is 191 g/mol. The molecule has 1 aromatic rings. The van der Waals surface area contributed by atoms with Crippen molar-refractivity contribution in [2.24, 2.45) is 0 Å². The molecule has 0 bridgehead atoms. The standard InChI is InChI=1S/C7H7F2NO3/c1-13-3-2-10-7(12)4(5(3)11)6(8)9/h2,6H,1H3,(H2,10,11,12). The van der Waals surface area contributed by atoms with Gasteiger partial charge in [-0.25, -0.2) is 8.78 Å². The van der Waals surface area contributed by atoms with Crippen molar-refractivity contribution in [3.63, 3.8) is 0 Å². The number of hydrogen-bond donors (Lipinski definition) is 2. The third-order valence-electron chi connectivity index (χ3n) is 1.51. The number of nitrogens with one attached hydrogen (secondary N) is 1. The molecule has 1 heterocycles. The number of alkyl halides is 2. The molecule has 0 fully saturated rings. The lowest BCUT2D eigenvalue weighted by atomic mass is 10.2. The van der Waals surface area contributed by atoms with Crippen molar-refractivity contribution in [1.29, 1.82) is 0 Å². The van der Waals surface area contributed by atoms with Crippen molar-refractivity contribution in [3.05, 3.63) is 22.1 Å². The summed E-state index contributed by atoms with van der Waals surface area (Å²) < 4.78 is 28.9. The fourth-order valence-electron chi connectivity index (χ4n) is 0.876. The Bertz CT molecular complexity index is 361. The highest BCUT2D eigenvalue weighted by molar-refractivity contribution is 5.42. The maximum absolute atomic E-state index is 12.2. The Morgan fingerprint density at radius 3 is 2.69 bits per heavy atom. The second-order valence-electron chi connectivity index (χ2n) is 2.25.